The number of nitrogens with one attached hydrogen (secondary N) is 2. The Morgan fingerprint density at radius 2 is 2.23 bits per heavy atom. The van der Waals surface area contributed by atoms with Crippen molar-refractivity contribution in [3.8, 4) is 0 Å². The predicted octanol–water partition coefficient (Wildman–Crippen LogP) is 1.35. The van der Waals surface area contributed by atoms with Gasteiger partial charge in [-0.3, -0.25) is 10.1 Å². The van der Waals surface area contributed by atoms with E-state index in [9.17, 15) is 9.59 Å². The molecular formula is C12H17N5O4S. The number of carbonyl (C=O) groups is 2. The van der Waals surface area contributed by atoms with Crippen LogP contribution in [0.4, 0.5) is 9.93 Å². The lowest BCUT2D eigenvalue weighted by molar-refractivity contribution is -0.112. The highest BCUT2D eigenvalue weighted by atomic mass is 32.1. The molecule has 4 N–H and O–H groups in total. The number of nitrogens with two attached hydrogens (primary N) is 1. The van der Waals surface area contributed by atoms with Crippen molar-refractivity contribution in [2.75, 3.05) is 11.9 Å². The second-order valence-corrected chi connectivity index (χ2v) is 5.83. The molecule has 0 fully saturated rings. The first-order chi connectivity index (χ1) is 10.2. The maximum atomic E-state index is 11.6. The Bertz CT molecular complexity index is 591. The molecule has 120 valence electrons. The van der Waals surface area contributed by atoms with Gasteiger partial charge in [-0.2, -0.15) is 0 Å². The third-order valence-electron chi connectivity index (χ3n) is 1.90. The number of nitrogens with zero attached hydrogens (tertiary/aromatic N) is 2. The normalized spacial score (nSPS) is 11.7. The lowest BCUT2D eigenvalue weighted by Gasteiger charge is -2.18. The number of anilines is 1. The molecule has 1 heterocycles. The maximum Gasteiger partial charge on any atom is 0.413 e. The van der Waals surface area contributed by atoms with Gasteiger partial charge in [-0.25, -0.2) is 9.78 Å². The number of primary amides is 1. The summed E-state index contributed by atoms with van der Waals surface area (Å²) in [6, 6.07) is 0. The van der Waals surface area contributed by atoms with Gasteiger partial charge in [0.05, 0.1) is 0 Å². The molecule has 0 aliphatic rings. The summed E-state index contributed by atoms with van der Waals surface area (Å²) in [5, 5.41) is 14.5. The van der Waals surface area contributed by atoms with Crippen LogP contribution in [0.25, 0.3) is 0 Å². The molecule has 1 aromatic heterocycles. The molecule has 22 heavy (non-hydrogen) atoms. The quantitative estimate of drug-likeness (QED) is 0.411. The van der Waals surface area contributed by atoms with E-state index in [2.05, 4.69) is 15.5 Å². The van der Waals surface area contributed by atoms with Crippen molar-refractivity contribution >= 4 is 40.4 Å². The van der Waals surface area contributed by atoms with Crippen LogP contribution >= 0.6 is 11.3 Å². The van der Waals surface area contributed by atoms with Crippen LogP contribution in [0.3, 0.4) is 0 Å². The van der Waals surface area contributed by atoms with Gasteiger partial charge in [0.1, 0.15) is 11.3 Å². The summed E-state index contributed by atoms with van der Waals surface area (Å²) in [6.45, 7) is 5.11. The fourth-order valence-electron chi connectivity index (χ4n) is 1.19. The maximum absolute atomic E-state index is 11.6. The zero-order chi connectivity index (χ0) is 16.8. The molecule has 2 amide bonds. The van der Waals surface area contributed by atoms with Crippen molar-refractivity contribution < 1.29 is 19.2 Å². The highest BCUT2D eigenvalue weighted by molar-refractivity contribution is 7.14. The Hall–Kier alpha value is -2.49. The highest BCUT2D eigenvalue weighted by Crippen LogP contribution is 2.17. The minimum absolute atomic E-state index is 0.0933. The van der Waals surface area contributed by atoms with Crippen LogP contribution in [0, 0.1) is 5.41 Å². The predicted molar refractivity (Wildman–Crippen MR) is 82.4 cm³/mol. The summed E-state index contributed by atoms with van der Waals surface area (Å²) in [5.41, 5.74) is 4.52. The number of thiazole rings is 1. The van der Waals surface area contributed by atoms with Gasteiger partial charge in [0.25, 0.3) is 5.91 Å². The molecule has 9 nitrogen and oxygen atoms in total. The Balaban J connectivity index is 2.80. The molecule has 10 heteroatoms. The highest BCUT2D eigenvalue weighted by Gasteiger charge is 2.19. The number of amides is 2. The average molecular weight is 327 g/mol. The smallest absolute Gasteiger partial charge is 0.413 e. The van der Waals surface area contributed by atoms with Crippen LogP contribution < -0.4 is 11.1 Å². The number of oxime groups is 1. The molecule has 0 bridgehead atoms. The van der Waals surface area contributed by atoms with Crippen molar-refractivity contribution in [2.24, 2.45) is 10.9 Å². The number of hydrogen-bond donors (Lipinski definition) is 3. The number of ether oxygens (including phenoxy) is 1. The van der Waals surface area contributed by atoms with Gasteiger partial charge in [-0.15, -0.1) is 11.3 Å². The van der Waals surface area contributed by atoms with Gasteiger partial charge in [0.15, 0.2) is 17.5 Å². The van der Waals surface area contributed by atoms with Crippen LogP contribution in [0.2, 0.25) is 0 Å². The van der Waals surface area contributed by atoms with Crippen molar-refractivity contribution in [3.05, 3.63) is 11.1 Å². The number of carbonyl (C=O) groups excluding carboxylic acids is 2. The summed E-state index contributed by atoms with van der Waals surface area (Å²) in [4.78, 5) is 31.7. The van der Waals surface area contributed by atoms with Crippen LogP contribution in [0.1, 0.15) is 26.5 Å². The largest absolute Gasteiger partial charge is 0.444 e. The van der Waals surface area contributed by atoms with E-state index >= 15 is 0 Å². The van der Waals surface area contributed by atoms with E-state index in [4.69, 9.17) is 20.7 Å². The second-order valence-electron chi connectivity index (χ2n) is 4.97. The lowest BCUT2D eigenvalue weighted by Crippen LogP contribution is -2.27. The van der Waals surface area contributed by atoms with E-state index in [-0.39, 0.29) is 23.1 Å². The summed E-state index contributed by atoms with van der Waals surface area (Å²) < 4.78 is 5.08. The van der Waals surface area contributed by atoms with Crippen LogP contribution in [-0.4, -0.2) is 41.1 Å². The van der Waals surface area contributed by atoms with E-state index in [0.29, 0.717) is 0 Å². The summed E-state index contributed by atoms with van der Waals surface area (Å²) in [5.74, 6) is -0.834. The standard InChI is InChI=1S/C12H17N5O4S/c1-12(2,3)21-11(19)16-10-15-7(6-22-10)8(9(14)18)17-20-5-4-13/h4,6,13H,5H2,1-3H3,(H2,14,18)(H,15,16,19)/b13-4?,17-8-. The van der Waals surface area contributed by atoms with Crippen molar-refractivity contribution in [1.29, 1.82) is 5.41 Å². The van der Waals surface area contributed by atoms with Gasteiger partial charge < -0.3 is 20.7 Å². The monoisotopic (exact) mass is 327 g/mol. The number of aromatic nitrogens is 1. The molecule has 0 spiro atoms. The second kappa shape index (κ2) is 7.50. The first-order valence-corrected chi connectivity index (χ1v) is 7.05. The first-order valence-electron chi connectivity index (χ1n) is 6.17. The Labute approximate surface area is 131 Å². The molecule has 1 aromatic rings. The van der Waals surface area contributed by atoms with Gasteiger partial charge in [0, 0.05) is 11.6 Å². The van der Waals surface area contributed by atoms with Gasteiger partial charge in [-0.1, -0.05) is 5.16 Å². The summed E-state index contributed by atoms with van der Waals surface area (Å²) in [6.07, 6.45) is 0.310. The molecule has 0 aliphatic heterocycles. The molecule has 0 atom stereocenters. The fourth-order valence-corrected chi connectivity index (χ4v) is 1.87. The third-order valence-corrected chi connectivity index (χ3v) is 2.66. The lowest BCUT2D eigenvalue weighted by atomic mass is 10.2. The van der Waals surface area contributed by atoms with Crippen LogP contribution in [-0.2, 0) is 14.4 Å². The molecule has 0 aromatic carbocycles. The summed E-state index contributed by atoms with van der Waals surface area (Å²) >= 11 is 1.08. The molecule has 0 aliphatic carbocycles. The Morgan fingerprint density at radius 1 is 1.55 bits per heavy atom. The molecule has 0 saturated heterocycles. The molecule has 0 saturated carbocycles. The zero-order valence-corrected chi connectivity index (χ0v) is 13.2. The molecule has 0 radical (unpaired) electrons. The number of rotatable bonds is 6. The van der Waals surface area contributed by atoms with E-state index in [1.54, 1.807) is 20.8 Å². The Morgan fingerprint density at radius 3 is 2.77 bits per heavy atom. The SMILES string of the molecule is CC(C)(C)OC(=O)Nc1nc(/C(=N/OCC=N)C(N)=O)cs1. The molecular weight excluding hydrogens is 310 g/mol. The zero-order valence-electron chi connectivity index (χ0n) is 12.4. The summed E-state index contributed by atoms with van der Waals surface area (Å²) in [7, 11) is 0. The van der Waals surface area contributed by atoms with E-state index in [1.807, 2.05) is 0 Å². The molecule has 1 rings (SSSR count). The van der Waals surface area contributed by atoms with Gasteiger partial charge in [-0.05, 0) is 20.8 Å². The van der Waals surface area contributed by atoms with E-state index in [1.165, 1.54) is 5.38 Å². The van der Waals surface area contributed by atoms with E-state index < -0.39 is 17.6 Å². The average Bonchev–Trinajstić information content (AvgIpc) is 2.79. The third kappa shape index (κ3) is 5.87. The first kappa shape index (κ1) is 17.6. The minimum atomic E-state index is -0.834. The number of hydrogen-bond acceptors (Lipinski definition) is 8. The van der Waals surface area contributed by atoms with Gasteiger partial charge in [0.2, 0.25) is 0 Å². The van der Waals surface area contributed by atoms with Crippen LogP contribution in [0.5, 0.6) is 0 Å². The van der Waals surface area contributed by atoms with Crippen LogP contribution in [0.15, 0.2) is 10.5 Å². The Kier molecular flexibility index (Phi) is 5.99. The molecule has 0 unspecified atom stereocenters. The minimum Gasteiger partial charge on any atom is -0.444 e. The van der Waals surface area contributed by atoms with E-state index in [0.717, 1.165) is 17.6 Å². The topological polar surface area (TPSA) is 140 Å². The fraction of sp³-hybridized carbons (Fsp3) is 0.417. The van der Waals surface area contributed by atoms with Gasteiger partial charge >= 0.3 is 6.09 Å². The van der Waals surface area contributed by atoms with Crippen molar-refractivity contribution in [1.82, 2.24) is 4.98 Å². The van der Waals surface area contributed by atoms with Crippen molar-refractivity contribution in [3.63, 3.8) is 0 Å². The van der Waals surface area contributed by atoms with Crippen molar-refractivity contribution in [2.45, 2.75) is 26.4 Å².